The first kappa shape index (κ1) is 19.8. The van der Waals surface area contributed by atoms with Gasteiger partial charge in [-0.05, 0) is 28.1 Å². The monoisotopic (exact) mass is 417 g/mol. The number of anilines is 1. The second kappa shape index (κ2) is 8.09. The number of carbonyl (C=O) groups excluding carboxylic acids is 1. The van der Waals surface area contributed by atoms with E-state index in [0.29, 0.717) is 32.0 Å². The van der Waals surface area contributed by atoms with Gasteiger partial charge in [0.2, 0.25) is 0 Å². The molecule has 1 saturated heterocycles. The summed E-state index contributed by atoms with van der Waals surface area (Å²) in [6.07, 6.45) is -2.19. The van der Waals surface area contributed by atoms with Gasteiger partial charge < -0.3 is 9.80 Å². The van der Waals surface area contributed by atoms with Crippen LogP contribution in [0.2, 0.25) is 0 Å². The van der Waals surface area contributed by atoms with Gasteiger partial charge in [-0.3, -0.25) is 4.79 Å². The van der Waals surface area contributed by atoms with Crippen molar-refractivity contribution >= 4 is 11.7 Å². The number of piperazine rings is 1. The number of tetrazole rings is 1. The molecule has 0 unspecified atom stereocenters. The quantitative estimate of drug-likeness (QED) is 0.646. The number of halogens is 3. The molecule has 0 radical (unpaired) electrons. The molecule has 2 aromatic heterocycles. The largest absolute Gasteiger partial charge is 0.417 e. The van der Waals surface area contributed by atoms with Crippen LogP contribution in [0.3, 0.4) is 0 Å². The molecule has 156 valence electrons. The predicted octanol–water partition coefficient (Wildman–Crippen LogP) is 2.03. The van der Waals surface area contributed by atoms with Gasteiger partial charge in [-0.15, -0.1) is 5.10 Å². The van der Waals surface area contributed by atoms with Crippen LogP contribution in [0.25, 0.3) is 0 Å². The number of carbonyl (C=O) groups is 1. The minimum absolute atomic E-state index is 0.145. The van der Waals surface area contributed by atoms with Gasteiger partial charge >= 0.3 is 6.18 Å². The van der Waals surface area contributed by atoms with Crippen molar-refractivity contribution in [2.45, 2.75) is 12.2 Å². The SMILES string of the molecule is O=C([C@H](c1ccccc1)n1cnnn1)N1CCN(c2ccc(C(F)(F)F)cn2)CC1. The second-order valence-corrected chi connectivity index (χ2v) is 6.82. The van der Waals surface area contributed by atoms with E-state index in [1.54, 1.807) is 4.90 Å². The van der Waals surface area contributed by atoms with Gasteiger partial charge in [0.1, 0.15) is 12.1 Å². The third-order valence-electron chi connectivity index (χ3n) is 4.97. The maximum atomic E-state index is 13.2. The van der Waals surface area contributed by atoms with Gasteiger partial charge in [-0.25, -0.2) is 9.67 Å². The zero-order chi connectivity index (χ0) is 21.1. The highest BCUT2D eigenvalue weighted by molar-refractivity contribution is 5.83. The van der Waals surface area contributed by atoms with Crippen molar-refractivity contribution in [1.82, 2.24) is 30.1 Å². The van der Waals surface area contributed by atoms with Crippen LogP contribution in [-0.4, -0.2) is 62.2 Å². The molecule has 0 N–H and O–H groups in total. The van der Waals surface area contributed by atoms with E-state index in [1.807, 2.05) is 35.2 Å². The number of alkyl halides is 3. The number of aromatic nitrogens is 5. The highest BCUT2D eigenvalue weighted by Gasteiger charge is 2.32. The maximum Gasteiger partial charge on any atom is 0.417 e. The predicted molar refractivity (Wildman–Crippen MR) is 100 cm³/mol. The Labute approximate surface area is 169 Å². The number of hydrogen-bond acceptors (Lipinski definition) is 6. The van der Waals surface area contributed by atoms with Gasteiger partial charge in [0.25, 0.3) is 5.91 Å². The number of nitrogens with zero attached hydrogens (tertiary/aromatic N) is 7. The summed E-state index contributed by atoms with van der Waals surface area (Å²) in [5, 5.41) is 11.2. The van der Waals surface area contributed by atoms with Crippen LogP contribution in [0.5, 0.6) is 0 Å². The van der Waals surface area contributed by atoms with Crippen LogP contribution in [0.4, 0.5) is 19.0 Å². The molecule has 1 atom stereocenters. The molecule has 3 aromatic rings. The number of rotatable bonds is 4. The summed E-state index contributed by atoms with van der Waals surface area (Å²) in [5.41, 5.74) is -0.0196. The fourth-order valence-electron chi connectivity index (χ4n) is 3.40. The lowest BCUT2D eigenvalue weighted by Crippen LogP contribution is -2.51. The van der Waals surface area contributed by atoms with E-state index in [1.165, 1.54) is 17.1 Å². The number of benzene rings is 1. The summed E-state index contributed by atoms with van der Waals surface area (Å²) in [7, 11) is 0. The first-order chi connectivity index (χ1) is 14.4. The topological polar surface area (TPSA) is 80.0 Å². The van der Waals surface area contributed by atoms with Gasteiger partial charge in [-0.2, -0.15) is 13.2 Å². The van der Waals surface area contributed by atoms with Crippen molar-refractivity contribution in [3.63, 3.8) is 0 Å². The van der Waals surface area contributed by atoms with Gasteiger partial charge in [0, 0.05) is 32.4 Å². The molecule has 1 fully saturated rings. The summed E-state index contributed by atoms with van der Waals surface area (Å²) < 4.78 is 39.6. The third kappa shape index (κ3) is 4.09. The van der Waals surface area contributed by atoms with E-state index in [-0.39, 0.29) is 5.91 Å². The summed E-state index contributed by atoms with van der Waals surface area (Å²) in [4.78, 5) is 20.7. The van der Waals surface area contributed by atoms with Crippen molar-refractivity contribution in [2.75, 3.05) is 31.1 Å². The smallest absolute Gasteiger partial charge is 0.353 e. The summed E-state index contributed by atoms with van der Waals surface area (Å²) in [5.74, 6) is 0.309. The maximum absolute atomic E-state index is 13.2. The average Bonchev–Trinajstić information content (AvgIpc) is 3.28. The molecule has 0 spiro atoms. The normalized spacial score (nSPS) is 15.8. The van der Waals surface area contributed by atoms with Gasteiger partial charge in [0.05, 0.1) is 5.56 Å². The highest BCUT2D eigenvalue weighted by Crippen LogP contribution is 2.29. The van der Waals surface area contributed by atoms with E-state index in [0.717, 1.165) is 17.8 Å². The fraction of sp³-hybridized carbons (Fsp3) is 0.316. The first-order valence-corrected chi connectivity index (χ1v) is 9.28. The lowest BCUT2D eigenvalue weighted by atomic mass is 10.1. The van der Waals surface area contributed by atoms with Crippen molar-refractivity contribution in [3.8, 4) is 0 Å². The number of amides is 1. The minimum Gasteiger partial charge on any atom is -0.353 e. The number of hydrogen-bond donors (Lipinski definition) is 0. The van der Waals surface area contributed by atoms with E-state index in [2.05, 4.69) is 20.5 Å². The van der Waals surface area contributed by atoms with E-state index >= 15 is 0 Å². The molecular weight excluding hydrogens is 399 g/mol. The van der Waals surface area contributed by atoms with Crippen LogP contribution in [0.15, 0.2) is 55.0 Å². The van der Waals surface area contributed by atoms with Crippen molar-refractivity contribution in [3.05, 3.63) is 66.1 Å². The molecule has 1 aromatic carbocycles. The van der Waals surface area contributed by atoms with Gasteiger partial charge in [-0.1, -0.05) is 30.3 Å². The van der Waals surface area contributed by atoms with Crippen LogP contribution < -0.4 is 4.90 Å². The molecule has 0 saturated carbocycles. The Kier molecular flexibility index (Phi) is 5.34. The Morgan fingerprint density at radius 2 is 1.73 bits per heavy atom. The minimum atomic E-state index is -4.42. The van der Waals surface area contributed by atoms with E-state index in [4.69, 9.17) is 0 Å². The van der Waals surface area contributed by atoms with Crippen molar-refractivity contribution in [2.24, 2.45) is 0 Å². The summed E-state index contributed by atoms with van der Waals surface area (Å²) in [6.45, 7) is 1.74. The molecular formula is C19H18F3N7O. The molecule has 3 heterocycles. The summed E-state index contributed by atoms with van der Waals surface area (Å²) >= 11 is 0. The van der Waals surface area contributed by atoms with Crippen molar-refractivity contribution < 1.29 is 18.0 Å². The second-order valence-electron chi connectivity index (χ2n) is 6.82. The zero-order valence-corrected chi connectivity index (χ0v) is 15.8. The molecule has 8 nitrogen and oxygen atoms in total. The van der Waals surface area contributed by atoms with Gasteiger partial charge in [0.15, 0.2) is 6.04 Å². The average molecular weight is 417 g/mol. The Morgan fingerprint density at radius 3 is 2.30 bits per heavy atom. The molecule has 1 aliphatic heterocycles. The van der Waals surface area contributed by atoms with E-state index in [9.17, 15) is 18.0 Å². The lowest BCUT2D eigenvalue weighted by molar-refractivity contribution is -0.138. The number of pyridine rings is 1. The van der Waals surface area contributed by atoms with E-state index < -0.39 is 17.8 Å². The first-order valence-electron chi connectivity index (χ1n) is 9.28. The Morgan fingerprint density at radius 1 is 1.00 bits per heavy atom. The van der Waals surface area contributed by atoms with Crippen LogP contribution in [-0.2, 0) is 11.0 Å². The summed E-state index contributed by atoms with van der Waals surface area (Å²) in [6, 6.07) is 10.9. The molecule has 4 rings (SSSR count). The Balaban J connectivity index is 1.46. The Bertz CT molecular complexity index is 970. The third-order valence-corrected chi connectivity index (χ3v) is 4.97. The Hall–Kier alpha value is -3.50. The molecule has 11 heteroatoms. The van der Waals surface area contributed by atoms with Crippen molar-refractivity contribution in [1.29, 1.82) is 0 Å². The molecule has 30 heavy (non-hydrogen) atoms. The molecule has 1 amide bonds. The van der Waals surface area contributed by atoms with Crippen LogP contribution in [0.1, 0.15) is 17.2 Å². The highest BCUT2D eigenvalue weighted by atomic mass is 19.4. The zero-order valence-electron chi connectivity index (χ0n) is 15.8. The fourth-order valence-corrected chi connectivity index (χ4v) is 3.40. The standard InChI is InChI=1S/C19H18F3N7O/c20-19(21,22)15-6-7-16(23-12-15)27-8-10-28(11-9-27)18(30)17(29-13-24-25-26-29)14-4-2-1-3-5-14/h1-7,12-13,17H,8-11H2/t17-/m0/s1. The van der Waals surface area contributed by atoms with Crippen LogP contribution >= 0.6 is 0 Å². The molecule has 1 aliphatic rings. The lowest BCUT2D eigenvalue weighted by Gasteiger charge is -2.37. The molecule has 0 aliphatic carbocycles. The molecule has 0 bridgehead atoms. The van der Waals surface area contributed by atoms with Crippen LogP contribution in [0, 0.1) is 0 Å².